The van der Waals surface area contributed by atoms with E-state index < -0.39 is 0 Å². The molecule has 2 atom stereocenters. The molecular weight excluding hydrogens is 350 g/mol. The summed E-state index contributed by atoms with van der Waals surface area (Å²) in [5.41, 5.74) is 9.75. The van der Waals surface area contributed by atoms with Crippen LogP contribution >= 0.6 is 0 Å². The summed E-state index contributed by atoms with van der Waals surface area (Å²) in [7, 11) is 2.20. The minimum atomic E-state index is -0.370. The molecule has 2 saturated heterocycles. The van der Waals surface area contributed by atoms with Crippen LogP contribution in [0.5, 0.6) is 0 Å². The summed E-state index contributed by atoms with van der Waals surface area (Å²) in [6.07, 6.45) is 4.00. The molecule has 3 aromatic rings. The van der Waals surface area contributed by atoms with Gasteiger partial charge in [0.2, 0.25) is 0 Å². The summed E-state index contributed by atoms with van der Waals surface area (Å²) in [6, 6.07) is 17.7. The first-order valence-electron chi connectivity index (χ1n) is 9.92. The number of hydrogen-bond acceptors (Lipinski definition) is 3. The Balaban J connectivity index is 1.69. The zero-order chi connectivity index (χ0) is 19.3. The molecule has 2 bridgehead atoms. The zero-order valence-electron chi connectivity index (χ0n) is 16.0. The first-order valence-corrected chi connectivity index (χ1v) is 9.92. The summed E-state index contributed by atoms with van der Waals surface area (Å²) >= 11 is 0. The Hall–Kier alpha value is -2.63. The lowest BCUT2D eigenvalue weighted by Crippen LogP contribution is -2.55. The molecule has 1 amide bonds. The number of morpholine rings is 1. The highest BCUT2D eigenvalue weighted by molar-refractivity contribution is 6.09. The van der Waals surface area contributed by atoms with Crippen LogP contribution in [0.25, 0.3) is 22.0 Å². The smallest absolute Gasteiger partial charge is 0.250 e. The number of para-hydroxylation sites is 1. The lowest BCUT2D eigenvalue weighted by atomic mass is 9.90. The second kappa shape index (κ2) is 6.76. The molecule has 0 radical (unpaired) electrons. The van der Waals surface area contributed by atoms with E-state index in [9.17, 15) is 4.79 Å². The fourth-order valence-electron chi connectivity index (χ4n) is 4.94. The third-order valence-corrected chi connectivity index (χ3v) is 6.46. The van der Waals surface area contributed by atoms with Gasteiger partial charge in [0.1, 0.15) is 0 Å². The molecule has 1 aromatic heterocycles. The maximum absolute atomic E-state index is 12.2. The molecule has 2 N–H and O–H groups in total. The summed E-state index contributed by atoms with van der Waals surface area (Å²) in [5, 5.41) is 0.939. The van der Waals surface area contributed by atoms with Gasteiger partial charge in [-0.25, -0.2) is 0 Å². The van der Waals surface area contributed by atoms with Crippen LogP contribution in [0.15, 0.2) is 54.7 Å². The zero-order valence-corrected chi connectivity index (χ0v) is 16.0. The van der Waals surface area contributed by atoms with Gasteiger partial charge in [-0.2, -0.15) is 0 Å². The van der Waals surface area contributed by atoms with E-state index in [4.69, 9.17) is 10.5 Å². The van der Waals surface area contributed by atoms with E-state index in [0.29, 0.717) is 23.7 Å². The predicted molar refractivity (Wildman–Crippen MR) is 110 cm³/mol. The number of hydrogen-bond donors (Lipinski definition) is 1. The largest absolute Gasteiger partial charge is 0.378 e. The molecule has 0 aliphatic carbocycles. The van der Waals surface area contributed by atoms with Crippen LogP contribution in [-0.4, -0.2) is 47.7 Å². The lowest BCUT2D eigenvalue weighted by molar-refractivity contribution is -0.0719. The number of carbonyl (C=O) groups excluding carboxylic acids is 1. The van der Waals surface area contributed by atoms with Crippen LogP contribution in [0.1, 0.15) is 29.2 Å². The number of primary amides is 1. The molecule has 5 nitrogen and oxygen atoms in total. The SMILES string of the molecule is CN1C2COCC1CC(n1cc(C(N)=O)c3cccc(-c4ccccc4)c31)C2. The van der Waals surface area contributed by atoms with Crippen molar-refractivity contribution in [2.45, 2.75) is 31.0 Å². The highest BCUT2D eigenvalue weighted by Gasteiger charge is 2.38. The molecule has 2 aromatic carbocycles. The maximum atomic E-state index is 12.2. The van der Waals surface area contributed by atoms with Gasteiger partial charge >= 0.3 is 0 Å². The number of likely N-dealkylation sites (N-methyl/N-ethyl adjacent to an activating group) is 1. The third-order valence-electron chi connectivity index (χ3n) is 6.46. The normalized spacial score (nSPS) is 25.1. The first-order chi connectivity index (χ1) is 13.6. The van der Waals surface area contributed by atoms with Gasteiger partial charge in [0.05, 0.1) is 24.3 Å². The summed E-state index contributed by atoms with van der Waals surface area (Å²) in [6.45, 7) is 1.55. The fraction of sp³-hybridized carbons (Fsp3) is 0.348. The van der Waals surface area contributed by atoms with Crippen molar-refractivity contribution >= 4 is 16.8 Å². The lowest BCUT2D eigenvalue weighted by Gasteiger charge is -2.47. The highest BCUT2D eigenvalue weighted by Crippen LogP contribution is 2.39. The van der Waals surface area contributed by atoms with Crippen LogP contribution in [0.4, 0.5) is 0 Å². The molecule has 2 unspecified atom stereocenters. The van der Waals surface area contributed by atoms with Crippen molar-refractivity contribution in [3.8, 4) is 11.1 Å². The van der Waals surface area contributed by atoms with Gasteiger partial charge in [0, 0.05) is 35.3 Å². The van der Waals surface area contributed by atoms with Gasteiger partial charge < -0.3 is 15.0 Å². The minimum absolute atomic E-state index is 0.329. The molecule has 2 fully saturated rings. The Bertz CT molecular complexity index is 1010. The number of ether oxygens (including phenoxy) is 1. The number of nitrogens with two attached hydrogens (primary N) is 1. The monoisotopic (exact) mass is 375 g/mol. The van der Waals surface area contributed by atoms with Crippen molar-refractivity contribution in [1.29, 1.82) is 0 Å². The molecule has 2 aliphatic heterocycles. The number of rotatable bonds is 3. The van der Waals surface area contributed by atoms with Gasteiger partial charge in [-0.05, 0) is 25.5 Å². The van der Waals surface area contributed by atoms with Crippen LogP contribution in [-0.2, 0) is 4.74 Å². The number of benzene rings is 2. The van der Waals surface area contributed by atoms with Gasteiger partial charge in [-0.3, -0.25) is 9.69 Å². The van der Waals surface area contributed by atoms with Crippen LogP contribution in [0.2, 0.25) is 0 Å². The highest BCUT2D eigenvalue weighted by atomic mass is 16.5. The fourth-order valence-corrected chi connectivity index (χ4v) is 4.94. The Labute approximate surface area is 164 Å². The summed E-state index contributed by atoms with van der Waals surface area (Å²) in [4.78, 5) is 14.6. The molecule has 2 aliphatic rings. The van der Waals surface area contributed by atoms with Crippen molar-refractivity contribution in [1.82, 2.24) is 9.47 Å². The van der Waals surface area contributed by atoms with Crippen LogP contribution < -0.4 is 5.73 Å². The van der Waals surface area contributed by atoms with Gasteiger partial charge in [-0.15, -0.1) is 0 Å². The van der Waals surface area contributed by atoms with E-state index in [-0.39, 0.29) is 5.91 Å². The van der Waals surface area contributed by atoms with E-state index >= 15 is 0 Å². The molecule has 5 heteroatoms. The Morgan fingerprint density at radius 1 is 1.00 bits per heavy atom. The van der Waals surface area contributed by atoms with Crippen LogP contribution in [0, 0.1) is 0 Å². The Morgan fingerprint density at radius 2 is 1.71 bits per heavy atom. The molecule has 144 valence electrons. The van der Waals surface area contributed by atoms with E-state index in [1.54, 1.807) is 0 Å². The molecule has 0 spiro atoms. The second-order valence-corrected chi connectivity index (χ2v) is 8.02. The Kier molecular flexibility index (Phi) is 4.22. The van der Waals surface area contributed by atoms with Crippen LogP contribution in [0.3, 0.4) is 0 Å². The number of fused-ring (bicyclic) bond motifs is 3. The number of nitrogens with zero attached hydrogens (tertiary/aromatic N) is 2. The van der Waals surface area contributed by atoms with Crippen molar-refractivity contribution < 1.29 is 9.53 Å². The van der Waals surface area contributed by atoms with Gasteiger partial charge in [0.15, 0.2) is 0 Å². The molecule has 28 heavy (non-hydrogen) atoms. The average molecular weight is 375 g/mol. The van der Waals surface area contributed by atoms with Gasteiger partial charge in [-0.1, -0.05) is 48.5 Å². The van der Waals surface area contributed by atoms with Crippen molar-refractivity contribution in [2.75, 3.05) is 20.3 Å². The topological polar surface area (TPSA) is 60.5 Å². The van der Waals surface area contributed by atoms with Gasteiger partial charge in [0.25, 0.3) is 5.91 Å². The molecule has 0 saturated carbocycles. The number of piperidine rings is 1. The third kappa shape index (κ3) is 2.74. The number of carbonyl (C=O) groups is 1. The number of aromatic nitrogens is 1. The van der Waals surface area contributed by atoms with E-state index in [1.165, 1.54) is 0 Å². The van der Waals surface area contributed by atoms with E-state index in [1.807, 2.05) is 36.5 Å². The average Bonchev–Trinajstić information content (AvgIpc) is 3.09. The standard InChI is InChI=1S/C23H25N3O2/c1-25-17-10-16(11-18(25)14-28-13-17)26-12-21(23(24)27)20-9-5-8-19(22(20)26)15-6-3-2-4-7-15/h2-9,12,16-18H,10-11,13-14H2,1H3,(H2,24,27). The second-order valence-electron chi connectivity index (χ2n) is 8.02. The number of amides is 1. The summed E-state index contributed by atoms with van der Waals surface area (Å²) < 4.78 is 8.11. The van der Waals surface area contributed by atoms with Crippen molar-refractivity contribution in [3.63, 3.8) is 0 Å². The molecular formula is C23H25N3O2. The predicted octanol–water partition coefficient (Wildman–Crippen LogP) is 3.44. The van der Waals surface area contributed by atoms with E-state index in [0.717, 1.165) is 48.1 Å². The van der Waals surface area contributed by atoms with Crippen molar-refractivity contribution in [3.05, 3.63) is 60.3 Å². The molecule has 5 rings (SSSR count). The van der Waals surface area contributed by atoms with Crippen molar-refractivity contribution in [2.24, 2.45) is 5.73 Å². The quantitative estimate of drug-likeness (QED) is 0.763. The molecule has 3 heterocycles. The minimum Gasteiger partial charge on any atom is -0.378 e. The van der Waals surface area contributed by atoms with E-state index in [2.05, 4.69) is 34.7 Å². The maximum Gasteiger partial charge on any atom is 0.250 e. The summed E-state index contributed by atoms with van der Waals surface area (Å²) in [5.74, 6) is -0.370. The Morgan fingerprint density at radius 3 is 2.39 bits per heavy atom. The first kappa shape index (κ1) is 17.5.